The number of hydrogen-bond donors (Lipinski definition) is 0. The summed E-state index contributed by atoms with van der Waals surface area (Å²) in [4.78, 5) is 0. The zero-order valence-corrected chi connectivity index (χ0v) is 13.7. The molecule has 0 saturated heterocycles. The van der Waals surface area contributed by atoms with E-state index in [0.717, 1.165) is 6.42 Å². The standard InChI is InChI=1S/C16H13.U/c1-2-6-14-11-12-16-8-4-3-7-15(16)10-9-13(14)5-1;/h1-11H,12H2;/q-1;. The average molecular weight is 443 g/mol. The van der Waals surface area contributed by atoms with Crippen LogP contribution < -0.4 is 0 Å². The van der Waals surface area contributed by atoms with Crippen molar-refractivity contribution in [2.45, 2.75) is 6.42 Å². The minimum Gasteiger partial charge on any atom is -0.185 e. The third-order valence-corrected chi connectivity index (χ3v) is 3.04. The number of benzene rings is 2. The van der Waals surface area contributed by atoms with Gasteiger partial charge in [0.1, 0.15) is 0 Å². The van der Waals surface area contributed by atoms with E-state index in [9.17, 15) is 0 Å². The molecule has 0 fully saturated rings. The summed E-state index contributed by atoms with van der Waals surface area (Å²) in [5.41, 5.74) is 5.35. The fourth-order valence-electron chi connectivity index (χ4n) is 2.13. The Morgan fingerprint density at radius 2 is 1.41 bits per heavy atom. The quantitative estimate of drug-likeness (QED) is 0.541. The van der Waals surface area contributed by atoms with Gasteiger partial charge in [-0.15, -0.1) is 23.8 Å². The van der Waals surface area contributed by atoms with Crippen LogP contribution in [0.5, 0.6) is 0 Å². The summed E-state index contributed by atoms with van der Waals surface area (Å²) >= 11 is 0. The molecule has 0 spiro atoms. The van der Waals surface area contributed by atoms with Crippen molar-refractivity contribution in [2.75, 3.05) is 0 Å². The van der Waals surface area contributed by atoms with Crippen molar-refractivity contribution in [3.8, 4) is 0 Å². The van der Waals surface area contributed by atoms with E-state index in [0.29, 0.717) is 0 Å². The van der Waals surface area contributed by atoms with Crippen LogP contribution in [0.1, 0.15) is 22.3 Å². The molecule has 0 aliphatic heterocycles. The molecule has 2 aromatic carbocycles. The van der Waals surface area contributed by atoms with Gasteiger partial charge in [0.05, 0.1) is 0 Å². The van der Waals surface area contributed by atoms with Crippen LogP contribution in [-0.2, 0) is 6.42 Å². The van der Waals surface area contributed by atoms with E-state index in [1.54, 1.807) is 0 Å². The minimum atomic E-state index is 0. The molecular weight excluding hydrogens is 430 g/mol. The summed E-state index contributed by atoms with van der Waals surface area (Å²) in [5, 5.41) is 0. The molecule has 0 amide bonds. The van der Waals surface area contributed by atoms with Gasteiger partial charge in [0.25, 0.3) is 0 Å². The van der Waals surface area contributed by atoms with Crippen molar-refractivity contribution < 1.29 is 31.1 Å². The minimum absolute atomic E-state index is 0. The summed E-state index contributed by atoms with van der Waals surface area (Å²) < 4.78 is 0. The van der Waals surface area contributed by atoms with Gasteiger partial charge in [-0.25, -0.2) is 0 Å². The van der Waals surface area contributed by atoms with E-state index in [2.05, 4.69) is 67.1 Å². The molecule has 2 aromatic rings. The van der Waals surface area contributed by atoms with Crippen molar-refractivity contribution in [1.82, 2.24) is 0 Å². The van der Waals surface area contributed by atoms with E-state index in [-0.39, 0.29) is 31.1 Å². The van der Waals surface area contributed by atoms with Crippen molar-refractivity contribution in [1.29, 1.82) is 0 Å². The zero-order valence-electron chi connectivity index (χ0n) is 9.56. The molecule has 0 bridgehead atoms. The normalized spacial score (nSPS) is 12.2. The zero-order chi connectivity index (χ0) is 10.8. The van der Waals surface area contributed by atoms with E-state index >= 15 is 0 Å². The number of fused-ring (bicyclic) bond motifs is 2. The average Bonchev–Trinajstić information content (AvgIpc) is 2.32. The first kappa shape index (κ1) is 12.6. The Bertz CT molecular complexity index is 491. The Morgan fingerprint density at radius 1 is 0.765 bits per heavy atom. The van der Waals surface area contributed by atoms with E-state index in [4.69, 9.17) is 0 Å². The Labute approximate surface area is 126 Å². The van der Waals surface area contributed by atoms with E-state index in [1.165, 1.54) is 22.3 Å². The molecule has 0 aromatic heterocycles. The van der Waals surface area contributed by atoms with Gasteiger partial charge in [0, 0.05) is 31.1 Å². The molecule has 0 radical (unpaired) electrons. The van der Waals surface area contributed by atoms with Crippen LogP contribution in [0.2, 0.25) is 0 Å². The molecule has 0 N–H and O–H groups in total. The second-order valence-corrected chi connectivity index (χ2v) is 4.07. The third kappa shape index (κ3) is 2.68. The Balaban J connectivity index is 0.00000108. The molecule has 0 unspecified atom stereocenters. The third-order valence-electron chi connectivity index (χ3n) is 3.04. The predicted octanol–water partition coefficient (Wildman–Crippen LogP) is 3.97. The van der Waals surface area contributed by atoms with Crippen LogP contribution in [0.4, 0.5) is 0 Å². The maximum atomic E-state index is 2.30. The smallest absolute Gasteiger partial charge is 0 e. The predicted molar refractivity (Wildman–Crippen MR) is 68.9 cm³/mol. The Kier molecular flexibility index (Phi) is 4.16. The monoisotopic (exact) mass is 443 g/mol. The molecule has 82 valence electrons. The summed E-state index contributed by atoms with van der Waals surface area (Å²) in [6.07, 6.45) is 7.72. The van der Waals surface area contributed by atoms with Crippen molar-refractivity contribution in [3.63, 3.8) is 0 Å². The van der Waals surface area contributed by atoms with Gasteiger partial charge in [-0.2, -0.15) is 18.1 Å². The number of hydrogen-bond acceptors (Lipinski definition) is 0. The maximum absolute atomic E-state index is 2.30. The Morgan fingerprint density at radius 3 is 2.29 bits per heavy atom. The summed E-state index contributed by atoms with van der Waals surface area (Å²) in [5.74, 6) is 0. The first-order chi connectivity index (χ1) is 7.93. The molecule has 3 rings (SSSR count). The summed E-state index contributed by atoms with van der Waals surface area (Å²) in [6.45, 7) is 0. The largest absolute Gasteiger partial charge is 0.185 e. The van der Waals surface area contributed by atoms with Gasteiger partial charge in [-0.1, -0.05) is 42.8 Å². The topological polar surface area (TPSA) is 0 Å². The molecule has 17 heavy (non-hydrogen) atoms. The van der Waals surface area contributed by atoms with Crippen LogP contribution in [0.15, 0.2) is 48.5 Å². The summed E-state index contributed by atoms with van der Waals surface area (Å²) in [7, 11) is 0. The van der Waals surface area contributed by atoms with Crippen LogP contribution in [0.25, 0.3) is 12.2 Å². The van der Waals surface area contributed by atoms with Crippen LogP contribution in [-0.4, -0.2) is 0 Å². The molecule has 0 nitrogen and oxygen atoms in total. The van der Waals surface area contributed by atoms with Crippen LogP contribution in [0, 0.1) is 37.5 Å². The first-order valence-electron chi connectivity index (χ1n) is 5.62. The summed E-state index contributed by atoms with van der Waals surface area (Å²) in [6, 6.07) is 17.1. The first-order valence-corrected chi connectivity index (χ1v) is 5.62. The fourth-order valence-corrected chi connectivity index (χ4v) is 2.13. The molecule has 0 saturated carbocycles. The van der Waals surface area contributed by atoms with Crippen molar-refractivity contribution in [3.05, 3.63) is 77.2 Å². The van der Waals surface area contributed by atoms with Gasteiger partial charge in [0.15, 0.2) is 0 Å². The molecular formula is C16H13U-. The number of rotatable bonds is 0. The van der Waals surface area contributed by atoms with Gasteiger partial charge in [0.2, 0.25) is 0 Å². The second-order valence-electron chi connectivity index (χ2n) is 4.07. The van der Waals surface area contributed by atoms with Gasteiger partial charge in [-0.05, 0) is 11.1 Å². The maximum Gasteiger partial charge on any atom is 0 e. The molecule has 0 atom stereocenters. The molecule has 1 heteroatoms. The fraction of sp³-hybridized carbons (Fsp3) is 0.0625. The van der Waals surface area contributed by atoms with Crippen LogP contribution >= 0.6 is 0 Å². The molecule has 1 aliphatic rings. The molecule has 0 heterocycles. The second kappa shape index (κ2) is 5.63. The van der Waals surface area contributed by atoms with Crippen molar-refractivity contribution >= 4 is 12.2 Å². The SMILES string of the molecule is C1=Cc2ccccc2C[CH-]c2ccccc21.[U]. The Hall–Kier alpha value is -0.898. The van der Waals surface area contributed by atoms with E-state index in [1.807, 2.05) is 0 Å². The van der Waals surface area contributed by atoms with Gasteiger partial charge < -0.3 is 0 Å². The van der Waals surface area contributed by atoms with Crippen molar-refractivity contribution in [2.24, 2.45) is 0 Å². The van der Waals surface area contributed by atoms with E-state index < -0.39 is 0 Å². The van der Waals surface area contributed by atoms with Gasteiger partial charge in [-0.3, -0.25) is 0 Å². The van der Waals surface area contributed by atoms with Gasteiger partial charge >= 0.3 is 0 Å². The molecule has 1 aliphatic carbocycles. The van der Waals surface area contributed by atoms with Crippen LogP contribution in [0.3, 0.4) is 0 Å².